The fourth-order valence-electron chi connectivity index (χ4n) is 3.48. The van der Waals surface area contributed by atoms with Crippen molar-refractivity contribution in [2.45, 2.75) is 60.3 Å². The molecule has 0 bridgehead atoms. The average Bonchev–Trinajstić information content (AvgIpc) is 2.54. The van der Waals surface area contributed by atoms with Gasteiger partial charge in [-0.2, -0.15) is 0 Å². The molecule has 0 fully saturated rings. The Labute approximate surface area is 147 Å². The highest BCUT2D eigenvalue weighted by Crippen LogP contribution is 2.33. The normalized spacial score (nSPS) is 11.5. The molecule has 2 rings (SSSR count). The van der Waals surface area contributed by atoms with Gasteiger partial charge in [0.25, 0.3) is 0 Å². The third-order valence-corrected chi connectivity index (χ3v) is 4.75. The van der Waals surface area contributed by atoms with Crippen molar-refractivity contribution in [3.63, 3.8) is 0 Å². The van der Waals surface area contributed by atoms with E-state index in [4.69, 9.17) is 0 Å². The van der Waals surface area contributed by atoms with Crippen molar-refractivity contribution < 1.29 is 4.79 Å². The maximum atomic E-state index is 11.7. The maximum Gasteiger partial charge on any atom is 0.159 e. The third-order valence-electron chi connectivity index (χ3n) is 4.75. The van der Waals surface area contributed by atoms with Crippen LogP contribution in [0, 0.1) is 5.41 Å². The van der Waals surface area contributed by atoms with Gasteiger partial charge in [0, 0.05) is 5.56 Å². The van der Waals surface area contributed by atoms with Gasteiger partial charge in [0.15, 0.2) is 5.78 Å². The Morgan fingerprint density at radius 2 is 1.79 bits per heavy atom. The molecule has 0 amide bonds. The van der Waals surface area contributed by atoms with Crippen molar-refractivity contribution in [3.8, 4) is 11.1 Å². The molecular weight excluding hydrogens is 292 g/mol. The van der Waals surface area contributed by atoms with E-state index in [9.17, 15) is 4.79 Å². The summed E-state index contributed by atoms with van der Waals surface area (Å²) in [7, 11) is 0. The molecule has 0 aliphatic rings. The predicted octanol–water partition coefficient (Wildman–Crippen LogP) is 6.49. The molecule has 0 spiro atoms. The Balaban J connectivity index is 2.49. The first-order chi connectivity index (χ1) is 11.4. The molecular formula is C23H30O. The van der Waals surface area contributed by atoms with E-state index in [1.165, 1.54) is 29.5 Å². The quantitative estimate of drug-likeness (QED) is 0.533. The number of ketones is 1. The minimum Gasteiger partial charge on any atom is -0.295 e. The lowest BCUT2D eigenvalue weighted by atomic mass is 9.79. The molecule has 0 N–H and O–H groups in total. The van der Waals surface area contributed by atoms with Gasteiger partial charge in [-0.3, -0.25) is 4.79 Å². The standard InChI is InChI=1S/C23H30O/c1-6-13-23(4,5)16-21-14-18(7-2)11-12-22(21)20-10-8-9-19(15-20)17(3)24/h8-12,14-15H,6-7,13,16H2,1-5H3. The van der Waals surface area contributed by atoms with Crippen LogP contribution in [0.25, 0.3) is 11.1 Å². The monoisotopic (exact) mass is 322 g/mol. The summed E-state index contributed by atoms with van der Waals surface area (Å²) in [5.41, 5.74) is 6.25. The summed E-state index contributed by atoms with van der Waals surface area (Å²) < 4.78 is 0. The van der Waals surface area contributed by atoms with Gasteiger partial charge in [0.1, 0.15) is 0 Å². The lowest BCUT2D eigenvalue weighted by molar-refractivity contribution is 0.101. The van der Waals surface area contributed by atoms with Crippen LogP contribution in [0.1, 0.15) is 68.9 Å². The molecule has 1 heteroatoms. The van der Waals surface area contributed by atoms with Crippen molar-refractivity contribution in [2.24, 2.45) is 5.41 Å². The molecule has 2 aromatic rings. The Kier molecular flexibility index (Phi) is 5.99. The molecule has 0 aliphatic carbocycles. The lowest BCUT2D eigenvalue weighted by Crippen LogP contribution is -2.15. The summed E-state index contributed by atoms with van der Waals surface area (Å²) in [6.45, 7) is 10.8. The van der Waals surface area contributed by atoms with E-state index in [1.807, 2.05) is 18.2 Å². The van der Waals surface area contributed by atoms with E-state index in [0.29, 0.717) is 0 Å². The van der Waals surface area contributed by atoms with E-state index in [2.05, 4.69) is 52.0 Å². The van der Waals surface area contributed by atoms with Crippen molar-refractivity contribution >= 4 is 5.78 Å². The molecule has 0 atom stereocenters. The Morgan fingerprint density at radius 1 is 1.04 bits per heavy atom. The smallest absolute Gasteiger partial charge is 0.159 e. The fourth-order valence-corrected chi connectivity index (χ4v) is 3.48. The molecule has 2 aromatic carbocycles. The minimum absolute atomic E-state index is 0.120. The van der Waals surface area contributed by atoms with Crippen LogP contribution in [0.4, 0.5) is 0 Å². The molecule has 0 saturated heterocycles. The molecule has 0 saturated carbocycles. The van der Waals surface area contributed by atoms with Crippen molar-refractivity contribution in [3.05, 3.63) is 59.2 Å². The number of hydrogen-bond acceptors (Lipinski definition) is 1. The first-order valence-corrected chi connectivity index (χ1v) is 9.09. The molecule has 0 heterocycles. The van der Waals surface area contributed by atoms with Crippen LogP contribution in [-0.2, 0) is 12.8 Å². The first-order valence-electron chi connectivity index (χ1n) is 9.09. The van der Waals surface area contributed by atoms with Crippen molar-refractivity contribution in [2.75, 3.05) is 0 Å². The number of carbonyl (C=O) groups excluding carboxylic acids is 1. The molecule has 0 unspecified atom stereocenters. The molecule has 128 valence electrons. The largest absolute Gasteiger partial charge is 0.295 e. The highest BCUT2D eigenvalue weighted by atomic mass is 16.1. The second kappa shape index (κ2) is 7.79. The Hall–Kier alpha value is -1.89. The van der Waals surface area contributed by atoms with Crippen LogP contribution in [0.5, 0.6) is 0 Å². The first kappa shape index (κ1) is 18.4. The number of Topliss-reactive ketones (excluding diaryl/α,β-unsaturated/α-hetero) is 1. The van der Waals surface area contributed by atoms with E-state index in [-0.39, 0.29) is 11.2 Å². The number of hydrogen-bond donors (Lipinski definition) is 0. The fraction of sp³-hybridized carbons (Fsp3) is 0.435. The van der Waals surface area contributed by atoms with E-state index in [0.717, 1.165) is 24.0 Å². The van der Waals surface area contributed by atoms with Gasteiger partial charge < -0.3 is 0 Å². The van der Waals surface area contributed by atoms with Crippen LogP contribution in [0.3, 0.4) is 0 Å². The van der Waals surface area contributed by atoms with E-state index >= 15 is 0 Å². The molecule has 24 heavy (non-hydrogen) atoms. The summed E-state index contributed by atoms with van der Waals surface area (Å²) in [6.07, 6.45) is 4.54. The molecule has 0 aliphatic heterocycles. The highest BCUT2D eigenvalue weighted by Gasteiger charge is 2.20. The van der Waals surface area contributed by atoms with Crippen LogP contribution in [-0.4, -0.2) is 5.78 Å². The summed E-state index contributed by atoms with van der Waals surface area (Å²) in [5.74, 6) is 0.120. The van der Waals surface area contributed by atoms with Gasteiger partial charge in [0.2, 0.25) is 0 Å². The van der Waals surface area contributed by atoms with Gasteiger partial charge in [0.05, 0.1) is 0 Å². The van der Waals surface area contributed by atoms with Gasteiger partial charge >= 0.3 is 0 Å². The zero-order chi connectivity index (χ0) is 17.7. The minimum atomic E-state index is 0.120. The molecule has 0 aromatic heterocycles. The molecule has 0 radical (unpaired) electrons. The van der Waals surface area contributed by atoms with Gasteiger partial charge in [-0.25, -0.2) is 0 Å². The van der Waals surface area contributed by atoms with E-state index in [1.54, 1.807) is 6.92 Å². The van der Waals surface area contributed by atoms with Crippen LogP contribution < -0.4 is 0 Å². The number of benzene rings is 2. The Bertz CT molecular complexity index is 710. The second-order valence-electron chi connectivity index (χ2n) is 7.57. The highest BCUT2D eigenvalue weighted by molar-refractivity contribution is 5.95. The van der Waals surface area contributed by atoms with Crippen LogP contribution in [0.15, 0.2) is 42.5 Å². The maximum absolute atomic E-state index is 11.7. The Morgan fingerprint density at radius 3 is 2.42 bits per heavy atom. The van der Waals surface area contributed by atoms with Crippen molar-refractivity contribution in [1.82, 2.24) is 0 Å². The second-order valence-corrected chi connectivity index (χ2v) is 7.57. The summed E-state index contributed by atoms with van der Waals surface area (Å²) in [6, 6.07) is 14.8. The van der Waals surface area contributed by atoms with Crippen molar-refractivity contribution in [1.29, 1.82) is 0 Å². The lowest BCUT2D eigenvalue weighted by Gasteiger charge is -2.26. The van der Waals surface area contributed by atoms with Crippen LogP contribution >= 0.6 is 0 Å². The van der Waals surface area contributed by atoms with E-state index < -0.39 is 0 Å². The number of aryl methyl sites for hydroxylation is 1. The summed E-state index contributed by atoms with van der Waals surface area (Å²) in [4.78, 5) is 11.7. The SMILES string of the molecule is CCCC(C)(C)Cc1cc(CC)ccc1-c1cccc(C(C)=O)c1. The summed E-state index contributed by atoms with van der Waals surface area (Å²) in [5, 5.41) is 0. The topological polar surface area (TPSA) is 17.1 Å². The summed E-state index contributed by atoms with van der Waals surface area (Å²) >= 11 is 0. The van der Waals surface area contributed by atoms with Gasteiger partial charge in [-0.05, 0) is 59.9 Å². The van der Waals surface area contributed by atoms with Gasteiger partial charge in [-0.1, -0.05) is 70.5 Å². The molecule has 1 nitrogen and oxygen atoms in total. The number of rotatable bonds is 7. The third kappa shape index (κ3) is 4.56. The predicted molar refractivity (Wildman–Crippen MR) is 104 cm³/mol. The van der Waals surface area contributed by atoms with Gasteiger partial charge in [-0.15, -0.1) is 0 Å². The van der Waals surface area contributed by atoms with Crippen LogP contribution in [0.2, 0.25) is 0 Å². The number of carbonyl (C=O) groups is 1. The average molecular weight is 322 g/mol. The zero-order valence-electron chi connectivity index (χ0n) is 15.8. The zero-order valence-corrected chi connectivity index (χ0v) is 15.8.